The number of hydrogen-bond donors (Lipinski definition) is 2. The molecule has 2 aliphatic carbocycles. The molecule has 3 aliphatic rings. The lowest BCUT2D eigenvalue weighted by Gasteiger charge is -2.52. The van der Waals surface area contributed by atoms with Gasteiger partial charge in [-0.3, -0.25) is 4.90 Å². The number of aliphatic carboxylic acids is 1. The van der Waals surface area contributed by atoms with E-state index >= 15 is 0 Å². The van der Waals surface area contributed by atoms with Crippen LogP contribution >= 0.6 is 11.6 Å². The number of carboxylic acid groups (broad SMARTS) is 1. The topological polar surface area (TPSA) is 69.6 Å². The number of hydrogen-bond acceptors (Lipinski definition) is 2. The van der Waals surface area contributed by atoms with E-state index < -0.39 is 17.0 Å². The van der Waals surface area contributed by atoms with E-state index in [9.17, 15) is 14.7 Å². The number of rotatable bonds is 5. The normalized spacial score (nSPS) is 29.5. The van der Waals surface area contributed by atoms with Crippen LogP contribution in [0.4, 0.5) is 4.79 Å². The molecule has 3 atom stereocenters. The maximum Gasteiger partial charge on any atom is 0.331 e. The van der Waals surface area contributed by atoms with Gasteiger partial charge in [-0.2, -0.15) is 0 Å². The van der Waals surface area contributed by atoms with Crippen LogP contribution in [0.3, 0.4) is 0 Å². The lowest BCUT2D eigenvalue weighted by molar-refractivity contribution is -0.133. The zero-order chi connectivity index (χ0) is 24.2. The predicted molar refractivity (Wildman–Crippen MR) is 131 cm³/mol. The fourth-order valence-corrected chi connectivity index (χ4v) is 5.64. The van der Waals surface area contributed by atoms with Crippen molar-refractivity contribution < 1.29 is 14.7 Å². The van der Waals surface area contributed by atoms with Crippen molar-refractivity contribution in [3.05, 3.63) is 57.8 Å². The maximum absolute atomic E-state index is 13.4. The summed E-state index contributed by atoms with van der Waals surface area (Å²) in [6, 6.07) is 6.08. The summed E-state index contributed by atoms with van der Waals surface area (Å²) in [5.74, 6) is -0.401. The van der Waals surface area contributed by atoms with Crippen molar-refractivity contribution in [3.8, 4) is 0 Å². The van der Waals surface area contributed by atoms with Gasteiger partial charge in [0, 0.05) is 23.2 Å². The Morgan fingerprint density at radius 2 is 2.03 bits per heavy atom. The molecule has 0 aromatic heterocycles. The average molecular weight is 471 g/mol. The number of fused-ring (bicyclic) bond motifs is 1. The number of nitrogens with one attached hydrogen (secondary N) is 1. The molecule has 6 heteroatoms. The molecule has 2 N–H and O–H groups in total. The fourth-order valence-electron chi connectivity index (χ4n) is 5.37. The second-order valence-corrected chi connectivity index (χ2v) is 12.0. The number of halogens is 1. The molecule has 1 aromatic rings. The summed E-state index contributed by atoms with van der Waals surface area (Å²) in [6.07, 6.45) is 8.70. The van der Waals surface area contributed by atoms with Crippen molar-refractivity contribution in [1.29, 1.82) is 0 Å². The summed E-state index contributed by atoms with van der Waals surface area (Å²) in [6.45, 7) is 10.8. The van der Waals surface area contributed by atoms with Crippen LogP contribution in [0.1, 0.15) is 77.8 Å². The second-order valence-electron chi connectivity index (χ2n) is 11.6. The molecule has 178 valence electrons. The van der Waals surface area contributed by atoms with Gasteiger partial charge in [0.05, 0.1) is 11.1 Å². The van der Waals surface area contributed by atoms with Crippen LogP contribution < -0.4 is 5.32 Å². The van der Waals surface area contributed by atoms with Crippen LogP contribution in [-0.2, 0) is 16.8 Å². The van der Waals surface area contributed by atoms with E-state index in [0.717, 1.165) is 53.8 Å². The third-order valence-electron chi connectivity index (χ3n) is 7.50. The van der Waals surface area contributed by atoms with Crippen molar-refractivity contribution in [1.82, 2.24) is 10.2 Å². The molecule has 1 aromatic carbocycles. The number of nitrogens with zero attached hydrogens (tertiary/aromatic N) is 1. The first kappa shape index (κ1) is 23.9. The van der Waals surface area contributed by atoms with Gasteiger partial charge in [0.1, 0.15) is 0 Å². The summed E-state index contributed by atoms with van der Waals surface area (Å²) in [4.78, 5) is 26.3. The largest absolute Gasteiger partial charge is 0.478 e. The third kappa shape index (κ3) is 4.44. The summed E-state index contributed by atoms with van der Waals surface area (Å²) in [7, 11) is 0. The van der Waals surface area contributed by atoms with E-state index in [1.165, 1.54) is 0 Å². The Labute approximate surface area is 201 Å². The highest BCUT2D eigenvalue weighted by Gasteiger charge is 2.50. The first-order valence-corrected chi connectivity index (χ1v) is 12.3. The monoisotopic (exact) mass is 470 g/mol. The van der Waals surface area contributed by atoms with Gasteiger partial charge in [0.2, 0.25) is 0 Å². The predicted octanol–water partition coefficient (Wildman–Crippen LogP) is 6.42. The van der Waals surface area contributed by atoms with E-state index in [0.29, 0.717) is 17.9 Å². The molecule has 2 unspecified atom stereocenters. The highest BCUT2D eigenvalue weighted by atomic mass is 35.5. The highest BCUT2D eigenvalue weighted by molar-refractivity contribution is 6.31. The molecule has 0 spiro atoms. The molecule has 1 fully saturated rings. The molecule has 4 rings (SSSR count). The van der Waals surface area contributed by atoms with Crippen LogP contribution in [0.25, 0.3) is 0 Å². The van der Waals surface area contributed by atoms with Crippen molar-refractivity contribution >= 4 is 23.6 Å². The number of carboxylic acids is 1. The van der Waals surface area contributed by atoms with Crippen molar-refractivity contribution in [2.45, 2.75) is 84.2 Å². The van der Waals surface area contributed by atoms with Gasteiger partial charge < -0.3 is 10.4 Å². The molecule has 0 saturated heterocycles. The SMILES string of the molecule is CC1CC[C@@]2(c3ccc(CCC(C)(C)C)c(Cl)c3)NC(=O)N(C3(C)C=C(C(=O)O)C3)C=C2C1. The van der Waals surface area contributed by atoms with E-state index in [2.05, 4.69) is 45.1 Å². The maximum atomic E-state index is 13.4. The Bertz CT molecular complexity index is 1050. The van der Waals surface area contributed by atoms with Gasteiger partial charge >= 0.3 is 12.0 Å². The second kappa shape index (κ2) is 8.19. The average Bonchev–Trinajstić information content (AvgIpc) is 2.69. The molecular weight excluding hydrogens is 436 g/mol. The summed E-state index contributed by atoms with van der Waals surface area (Å²) in [5, 5.41) is 13.3. The standard InChI is InChI=1S/C27H35ClN2O3/c1-17-8-11-27(20-7-6-18(22(28)13-20)9-10-25(2,3)4)21(12-17)16-30(24(33)29-27)26(5)14-19(15-26)23(31)32/h6-7,13-14,16-17H,8-12,15H2,1-5H3,(H,29,33)(H,31,32)/t17?,26?,27-/m0/s1. The van der Waals surface area contributed by atoms with Gasteiger partial charge in [-0.1, -0.05) is 51.4 Å². The quantitative estimate of drug-likeness (QED) is 0.521. The number of carbonyl (C=O) groups excluding carboxylic acids is 1. The molecule has 1 heterocycles. The van der Waals surface area contributed by atoms with Gasteiger partial charge in [-0.05, 0) is 79.2 Å². The first-order valence-electron chi connectivity index (χ1n) is 11.9. The Morgan fingerprint density at radius 1 is 1.33 bits per heavy atom. The molecule has 0 radical (unpaired) electrons. The van der Waals surface area contributed by atoms with E-state index in [4.69, 9.17) is 11.6 Å². The van der Waals surface area contributed by atoms with Crippen LogP contribution in [0.2, 0.25) is 5.02 Å². The minimum atomic E-state index is -0.917. The zero-order valence-electron chi connectivity index (χ0n) is 20.3. The van der Waals surface area contributed by atoms with Crippen molar-refractivity contribution in [3.63, 3.8) is 0 Å². The number of urea groups is 1. The van der Waals surface area contributed by atoms with Gasteiger partial charge in [-0.15, -0.1) is 0 Å². The van der Waals surface area contributed by atoms with Crippen molar-refractivity contribution in [2.75, 3.05) is 0 Å². The third-order valence-corrected chi connectivity index (χ3v) is 7.85. The molecule has 2 amide bonds. The van der Waals surface area contributed by atoms with Gasteiger partial charge in [0.15, 0.2) is 0 Å². The van der Waals surface area contributed by atoms with Crippen LogP contribution in [0, 0.1) is 11.3 Å². The molecule has 0 bridgehead atoms. The number of aryl methyl sites for hydroxylation is 1. The lowest BCUT2D eigenvalue weighted by atomic mass is 9.68. The minimum Gasteiger partial charge on any atom is -0.478 e. The van der Waals surface area contributed by atoms with Crippen LogP contribution in [0.15, 0.2) is 41.6 Å². The zero-order valence-corrected chi connectivity index (χ0v) is 21.1. The Hall–Kier alpha value is -2.27. The number of carbonyl (C=O) groups is 2. The van der Waals surface area contributed by atoms with E-state index in [-0.39, 0.29) is 11.4 Å². The Morgan fingerprint density at radius 3 is 2.64 bits per heavy atom. The van der Waals surface area contributed by atoms with Gasteiger partial charge in [0.25, 0.3) is 0 Å². The Kier molecular flexibility index (Phi) is 5.93. The molecule has 33 heavy (non-hydrogen) atoms. The molecule has 1 aliphatic heterocycles. The fraction of sp³-hybridized carbons (Fsp3) is 0.556. The number of benzene rings is 1. The van der Waals surface area contributed by atoms with E-state index in [1.807, 2.05) is 19.2 Å². The highest BCUT2D eigenvalue weighted by Crippen LogP contribution is 2.48. The Balaban J connectivity index is 1.68. The summed E-state index contributed by atoms with van der Waals surface area (Å²) < 4.78 is 0. The molecule has 1 saturated carbocycles. The van der Waals surface area contributed by atoms with Gasteiger partial charge in [-0.25, -0.2) is 9.59 Å². The minimum absolute atomic E-state index is 0.190. The lowest BCUT2D eigenvalue weighted by Crippen LogP contribution is -2.62. The van der Waals surface area contributed by atoms with E-state index in [1.54, 1.807) is 11.0 Å². The summed E-state index contributed by atoms with van der Waals surface area (Å²) >= 11 is 6.74. The first-order chi connectivity index (χ1) is 15.3. The van der Waals surface area contributed by atoms with Crippen LogP contribution in [0.5, 0.6) is 0 Å². The van der Waals surface area contributed by atoms with Crippen LogP contribution in [-0.4, -0.2) is 27.5 Å². The molecule has 5 nitrogen and oxygen atoms in total. The molecular formula is C27H35ClN2O3. The van der Waals surface area contributed by atoms with Crippen molar-refractivity contribution in [2.24, 2.45) is 11.3 Å². The number of amides is 2. The summed E-state index contributed by atoms with van der Waals surface area (Å²) in [5.41, 5.74) is 2.74. The smallest absolute Gasteiger partial charge is 0.331 e.